The molecule has 7 heteroatoms. The first-order valence-corrected chi connectivity index (χ1v) is 4.51. The number of carboxylic acids is 1. The molecule has 0 bridgehead atoms. The smallest absolute Gasteiger partial charge is 0.321 e. The monoisotopic (exact) mass is 407 g/mol. The number of nitrogens with two attached hydrogens (primary N) is 1. The summed E-state index contributed by atoms with van der Waals surface area (Å²) in [6.45, 7) is 3.37. The van der Waals surface area contributed by atoms with Gasteiger partial charge >= 0.3 is 5.97 Å². The van der Waals surface area contributed by atoms with Crippen molar-refractivity contribution in [2.45, 2.75) is 6.04 Å². The van der Waals surface area contributed by atoms with E-state index in [0.717, 1.165) is 0 Å². The van der Waals surface area contributed by atoms with E-state index in [1.54, 1.807) is 0 Å². The van der Waals surface area contributed by atoms with Crippen molar-refractivity contribution in [3.05, 3.63) is 12.7 Å². The molecule has 0 aliphatic carbocycles. The molecule has 3 N–H and O–H groups in total. The average Bonchev–Trinajstić information content (AvgIpc) is 1.87. The number of aliphatic carboxylic acids is 1. The van der Waals surface area contributed by atoms with Crippen LogP contribution in [0.3, 0.4) is 0 Å². The molecular formula is C6H11In2NO3S. The van der Waals surface area contributed by atoms with Gasteiger partial charge < -0.3 is 10.8 Å². The van der Waals surface area contributed by atoms with Crippen molar-refractivity contribution in [3.8, 4) is 0 Å². The SMILES string of the molecule is C=CCS(=O)C[C@H](N)C(=O)O.[In].[In]. The molecule has 0 saturated heterocycles. The van der Waals surface area contributed by atoms with Gasteiger partial charge in [0.25, 0.3) is 0 Å². The standard InChI is InChI=1S/C6H11NO3S.2In/c1-2-3-11(10)4-5(7)6(8)9;;/h2,5H,1,3-4,7H2,(H,8,9);;/t5-,11?;;/m0../s1. The van der Waals surface area contributed by atoms with Gasteiger partial charge in [-0.15, -0.1) is 6.58 Å². The summed E-state index contributed by atoms with van der Waals surface area (Å²) < 4.78 is 10.9. The van der Waals surface area contributed by atoms with E-state index in [1.807, 2.05) is 0 Å². The fourth-order valence-corrected chi connectivity index (χ4v) is 1.41. The fraction of sp³-hybridized carbons (Fsp3) is 0.500. The number of carbonyl (C=O) groups is 1. The summed E-state index contributed by atoms with van der Waals surface area (Å²) in [7, 11) is -1.19. The zero-order chi connectivity index (χ0) is 8.85. The van der Waals surface area contributed by atoms with E-state index < -0.39 is 22.8 Å². The van der Waals surface area contributed by atoms with Gasteiger partial charge in [-0.2, -0.15) is 0 Å². The average molecular weight is 407 g/mol. The van der Waals surface area contributed by atoms with Crippen LogP contribution in [0.5, 0.6) is 0 Å². The van der Waals surface area contributed by atoms with Crippen molar-refractivity contribution >= 4 is 68.5 Å². The first-order chi connectivity index (χ1) is 5.07. The number of hydrogen-bond acceptors (Lipinski definition) is 3. The molecular weight excluding hydrogens is 396 g/mol. The zero-order valence-electron chi connectivity index (χ0n) is 7.18. The van der Waals surface area contributed by atoms with Crippen molar-refractivity contribution in [2.75, 3.05) is 11.5 Å². The van der Waals surface area contributed by atoms with E-state index >= 15 is 0 Å². The molecule has 70 valence electrons. The predicted octanol–water partition coefficient (Wildman–Crippen LogP) is -1.43. The molecule has 0 amide bonds. The van der Waals surface area contributed by atoms with Crippen LogP contribution in [0.15, 0.2) is 12.7 Å². The number of carboxylic acid groups (broad SMARTS) is 1. The molecule has 0 saturated carbocycles. The molecule has 2 atom stereocenters. The van der Waals surface area contributed by atoms with Crippen molar-refractivity contribution in [1.82, 2.24) is 0 Å². The normalized spacial score (nSPS) is 13.0. The third kappa shape index (κ3) is 11.0. The maximum atomic E-state index is 10.9. The van der Waals surface area contributed by atoms with Crippen LogP contribution in [0.25, 0.3) is 0 Å². The minimum atomic E-state index is -1.19. The molecule has 0 aromatic carbocycles. The maximum absolute atomic E-state index is 10.9. The summed E-state index contributed by atoms with van der Waals surface area (Å²) in [6.07, 6.45) is 1.48. The molecule has 6 radical (unpaired) electrons. The van der Waals surface area contributed by atoms with Crippen molar-refractivity contribution in [1.29, 1.82) is 0 Å². The maximum Gasteiger partial charge on any atom is 0.321 e. The Bertz CT molecular complexity index is 189. The Balaban J connectivity index is -0.000000500. The van der Waals surface area contributed by atoms with Crippen LogP contribution >= 0.6 is 0 Å². The molecule has 0 fully saturated rings. The van der Waals surface area contributed by atoms with Gasteiger partial charge in [0.05, 0.1) is 0 Å². The first-order valence-electron chi connectivity index (χ1n) is 3.02. The summed E-state index contributed by atoms with van der Waals surface area (Å²) in [6, 6.07) is -1.03. The predicted molar refractivity (Wildman–Crippen MR) is 55.2 cm³/mol. The second-order valence-corrected chi connectivity index (χ2v) is 3.55. The third-order valence-electron chi connectivity index (χ3n) is 0.986. The molecule has 13 heavy (non-hydrogen) atoms. The Hall–Kier alpha value is 1.06. The van der Waals surface area contributed by atoms with Crippen molar-refractivity contribution in [2.24, 2.45) is 5.73 Å². The fourth-order valence-electron chi connectivity index (χ4n) is 0.471. The van der Waals surface area contributed by atoms with Gasteiger partial charge in [0.15, 0.2) is 0 Å². The zero-order valence-corrected chi connectivity index (χ0v) is 14.6. The van der Waals surface area contributed by atoms with E-state index in [4.69, 9.17) is 10.8 Å². The van der Waals surface area contributed by atoms with Crippen LogP contribution in [0, 0.1) is 0 Å². The largest absolute Gasteiger partial charge is 0.480 e. The quantitative estimate of drug-likeness (QED) is 0.549. The van der Waals surface area contributed by atoms with Crippen LogP contribution in [-0.2, 0) is 15.6 Å². The summed E-state index contributed by atoms with van der Waals surface area (Å²) in [4.78, 5) is 10.2. The molecule has 4 nitrogen and oxygen atoms in total. The molecule has 0 aromatic rings. The third-order valence-corrected chi connectivity index (χ3v) is 2.32. The van der Waals surface area contributed by atoms with Gasteiger partial charge in [-0.25, -0.2) is 0 Å². The van der Waals surface area contributed by atoms with Crippen molar-refractivity contribution < 1.29 is 14.1 Å². The van der Waals surface area contributed by atoms with Gasteiger partial charge in [0.1, 0.15) is 6.04 Å². The van der Waals surface area contributed by atoms with E-state index in [2.05, 4.69) is 6.58 Å². The number of rotatable bonds is 5. The Morgan fingerprint density at radius 1 is 1.62 bits per heavy atom. The van der Waals surface area contributed by atoms with Crippen LogP contribution in [0.2, 0.25) is 0 Å². The van der Waals surface area contributed by atoms with E-state index in [0.29, 0.717) is 5.75 Å². The van der Waals surface area contributed by atoms with E-state index in [9.17, 15) is 9.00 Å². The molecule has 0 aliphatic heterocycles. The minimum Gasteiger partial charge on any atom is -0.480 e. The molecule has 0 heterocycles. The molecule has 1 unspecified atom stereocenters. The minimum absolute atomic E-state index is 0. The Morgan fingerprint density at radius 3 is 2.38 bits per heavy atom. The molecule has 0 spiro atoms. The topological polar surface area (TPSA) is 80.4 Å². The van der Waals surface area contributed by atoms with Gasteiger partial charge in [-0.1, -0.05) is 6.08 Å². The summed E-state index contributed by atoms with van der Waals surface area (Å²) >= 11 is 0. The Kier molecular flexibility index (Phi) is 16.8. The van der Waals surface area contributed by atoms with Gasteiger partial charge in [-0.3, -0.25) is 9.00 Å². The molecule has 0 rings (SSSR count). The van der Waals surface area contributed by atoms with Gasteiger partial charge in [0, 0.05) is 74.0 Å². The number of hydrogen-bond donors (Lipinski definition) is 2. The summed E-state index contributed by atoms with van der Waals surface area (Å²) in [5.74, 6) is -0.843. The summed E-state index contributed by atoms with van der Waals surface area (Å²) in [5, 5.41) is 8.31. The van der Waals surface area contributed by atoms with Crippen LogP contribution in [-0.4, -0.2) is 84.5 Å². The second kappa shape index (κ2) is 11.1. The van der Waals surface area contributed by atoms with Crippen molar-refractivity contribution in [3.63, 3.8) is 0 Å². The molecule has 0 aromatic heterocycles. The van der Waals surface area contributed by atoms with Crippen LogP contribution < -0.4 is 5.73 Å². The van der Waals surface area contributed by atoms with E-state index in [1.165, 1.54) is 6.08 Å². The second-order valence-electron chi connectivity index (χ2n) is 2.01. The Labute approximate surface area is 117 Å². The van der Waals surface area contributed by atoms with Crippen LogP contribution in [0.1, 0.15) is 0 Å². The molecule has 0 aliphatic rings. The van der Waals surface area contributed by atoms with Gasteiger partial charge in [-0.05, 0) is 0 Å². The van der Waals surface area contributed by atoms with E-state index in [-0.39, 0.29) is 57.4 Å². The first kappa shape index (κ1) is 19.6. The Morgan fingerprint density at radius 2 is 2.08 bits per heavy atom. The van der Waals surface area contributed by atoms with Gasteiger partial charge in [0.2, 0.25) is 0 Å². The van der Waals surface area contributed by atoms with Crippen LogP contribution in [0.4, 0.5) is 0 Å². The summed E-state index contributed by atoms with van der Waals surface area (Å²) in [5.41, 5.74) is 5.12.